The van der Waals surface area contributed by atoms with E-state index in [-0.39, 0.29) is 5.97 Å². The summed E-state index contributed by atoms with van der Waals surface area (Å²) >= 11 is 1.38. The molecule has 5 heteroatoms. The van der Waals surface area contributed by atoms with Crippen LogP contribution in [0.15, 0.2) is 29.3 Å². The quantitative estimate of drug-likeness (QED) is 0.385. The number of carbonyl (C=O) groups is 1. The lowest BCUT2D eigenvalue weighted by Gasteiger charge is -2.04. The molecule has 0 aliphatic heterocycles. The molecule has 0 amide bonds. The van der Waals surface area contributed by atoms with E-state index in [1.54, 1.807) is 24.3 Å². The van der Waals surface area contributed by atoms with Gasteiger partial charge < -0.3 is 10.5 Å². The summed E-state index contributed by atoms with van der Waals surface area (Å²) in [6.45, 7) is 2.52. The van der Waals surface area contributed by atoms with Crippen LogP contribution in [0.5, 0.6) is 0 Å². The van der Waals surface area contributed by atoms with Crippen molar-refractivity contribution in [2.75, 3.05) is 12.9 Å². The first-order chi connectivity index (χ1) is 8.67. The van der Waals surface area contributed by atoms with Crippen molar-refractivity contribution in [3.63, 3.8) is 0 Å². The van der Waals surface area contributed by atoms with Gasteiger partial charge in [-0.2, -0.15) is 0 Å². The summed E-state index contributed by atoms with van der Waals surface area (Å²) in [5, 5.41) is 0.494. The molecule has 1 rings (SSSR count). The molecule has 2 N–H and O–H groups in total. The van der Waals surface area contributed by atoms with Gasteiger partial charge in [-0.1, -0.05) is 25.1 Å². The Bertz CT molecular complexity index is 416. The predicted molar refractivity (Wildman–Crippen MR) is 76.4 cm³/mol. The molecule has 18 heavy (non-hydrogen) atoms. The second-order valence-corrected chi connectivity index (χ2v) is 4.52. The van der Waals surface area contributed by atoms with E-state index in [2.05, 4.69) is 11.9 Å². The van der Waals surface area contributed by atoms with Crippen molar-refractivity contribution in [1.29, 1.82) is 0 Å². The molecular weight excluding hydrogens is 248 g/mol. The Morgan fingerprint density at radius 3 is 2.61 bits per heavy atom. The maximum Gasteiger partial charge on any atom is 0.338 e. The summed E-state index contributed by atoms with van der Waals surface area (Å²) in [7, 11) is 0. The lowest BCUT2D eigenvalue weighted by Crippen LogP contribution is -2.06. The van der Waals surface area contributed by atoms with Gasteiger partial charge in [-0.15, -0.1) is 0 Å². The largest absolute Gasteiger partial charge is 0.462 e. The Balaban J connectivity index is 2.62. The third kappa shape index (κ3) is 4.79. The van der Waals surface area contributed by atoms with Crippen LogP contribution in [0, 0.1) is 0 Å². The van der Waals surface area contributed by atoms with Gasteiger partial charge in [0.2, 0.25) is 0 Å². The minimum atomic E-state index is -0.295. The fourth-order valence-electron chi connectivity index (χ4n) is 1.24. The zero-order valence-electron chi connectivity index (χ0n) is 10.7. The lowest BCUT2D eigenvalue weighted by molar-refractivity contribution is 0.0500. The topological polar surface area (TPSA) is 64.7 Å². The van der Waals surface area contributed by atoms with Crippen molar-refractivity contribution < 1.29 is 9.53 Å². The van der Waals surface area contributed by atoms with E-state index in [4.69, 9.17) is 10.5 Å². The summed E-state index contributed by atoms with van der Waals surface area (Å²) in [6.07, 6.45) is 3.76. The van der Waals surface area contributed by atoms with Gasteiger partial charge in [0, 0.05) is 0 Å². The number of thioether (sulfide) groups is 1. The van der Waals surface area contributed by atoms with Gasteiger partial charge >= 0.3 is 5.97 Å². The molecule has 0 saturated carbocycles. The van der Waals surface area contributed by atoms with Crippen molar-refractivity contribution >= 4 is 28.6 Å². The van der Waals surface area contributed by atoms with Gasteiger partial charge in [-0.05, 0) is 36.9 Å². The molecule has 0 aliphatic rings. The van der Waals surface area contributed by atoms with Crippen molar-refractivity contribution in [3.05, 3.63) is 29.8 Å². The van der Waals surface area contributed by atoms with Crippen LogP contribution in [-0.4, -0.2) is 24.0 Å². The SMILES string of the molecule is CCCCOC(=O)c1ccc(N=C(N)SC)cc1. The molecule has 0 unspecified atom stereocenters. The van der Waals surface area contributed by atoms with Crippen LogP contribution in [0.4, 0.5) is 5.69 Å². The van der Waals surface area contributed by atoms with Crippen LogP contribution in [0.2, 0.25) is 0 Å². The fraction of sp³-hybridized carbons (Fsp3) is 0.385. The van der Waals surface area contributed by atoms with Crippen molar-refractivity contribution in [2.45, 2.75) is 19.8 Å². The first-order valence-electron chi connectivity index (χ1n) is 5.82. The van der Waals surface area contributed by atoms with Crippen molar-refractivity contribution in [2.24, 2.45) is 10.7 Å². The highest BCUT2D eigenvalue weighted by atomic mass is 32.2. The zero-order valence-corrected chi connectivity index (χ0v) is 11.5. The smallest absolute Gasteiger partial charge is 0.338 e. The molecule has 4 nitrogen and oxygen atoms in total. The highest BCUT2D eigenvalue weighted by Gasteiger charge is 2.06. The Kier molecular flexibility index (Phi) is 6.28. The van der Waals surface area contributed by atoms with Crippen LogP contribution in [-0.2, 0) is 4.74 Å². The van der Waals surface area contributed by atoms with Gasteiger partial charge in [-0.25, -0.2) is 9.79 Å². The number of amidine groups is 1. The van der Waals surface area contributed by atoms with E-state index in [0.29, 0.717) is 17.3 Å². The van der Waals surface area contributed by atoms with Gasteiger partial charge in [0.15, 0.2) is 5.17 Å². The number of ether oxygens (including phenoxy) is 1. The average Bonchev–Trinajstić information content (AvgIpc) is 2.39. The molecule has 0 saturated heterocycles. The number of aliphatic imine (C=N–C) groups is 1. The van der Waals surface area contributed by atoms with E-state index in [0.717, 1.165) is 18.5 Å². The monoisotopic (exact) mass is 266 g/mol. The molecule has 0 aliphatic carbocycles. The standard InChI is InChI=1S/C13H18N2O2S/c1-3-4-9-17-12(16)10-5-7-11(8-6-10)15-13(14)18-2/h5-8H,3-4,9H2,1-2H3,(H2,14,15). The zero-order chi connectivity index (χ0) is 13.4. The Morgan fingerprint density at radius 1 is 1.39 bits per heavy atom. The minimum absolute atomic E-state index is 0.295. The molecule has 0 fully saturated rings. The maximum absolute atomic E-state index is 11.6. The van der Waals surface area contributed by atoms with Gasteiger partial charge in [-0.3, -0.25) is 0 Å². The first kappa shape index (κ1) is 14.6. The number of esters is 1. The number of nitrogens with zero attached hydrogens (tertiary/aromatic N) is 1. The number of rotatable bonds is 5. The summed E-state index contributed by atoms with van der Waals surface area (Å²) < 4.78 is 5.11. The average molecular weight is 266 g/mol. The number of hydrogen-bond donors (Lipinski definition) is 1. The van der Waals surface area contributed by atoms with E-state index < -0.39 is 0 Å². The predicted octanol–water partition coefficient (Wildman–Crippen LogP) is 2.95. The third-order valence-corrected chi connectivity index (χ3v) is 2.79. The van der Waals surface area contributed by atoms with Gasteiger partial charge in [0.05, 0.1) is 17.9 Å². The van der Waals surface area contributed by atoms with E-state index in [1.165, 1.54) is 11.8 Å². The highest BCUT2D eigenvalue weighted by molar-refractivity contribution is 8.13. The number of benzene rings is 1. The lowest BCUT2D eigenvalue weighted by atomic mass is 10.2. The van der Waals surface area contributed by atoms with Crippen LogP contribution < -0.4 is 5.73 Å². The molecule has 0 aromatic heterocycles. The van der Waals surface area contributed by atoms with E-state index in [9.17, 15) is 4.79 Å². The number of unbranched alkanes of at least 4 members (excludes halogenated alkanes) is 1. The summed E-state index contributed by atoms with van der Waals surface area (Å²) in [5.74, 6) is -0.295. The normalized spacial score (nSPS) is 11.3. The van der Waals surface area contributed by atoms with Crippen molar-refractivity contribution in [3.8, 4) is 0 Å². The van der Waals surface area contributed by atoms with Crippen LogP contribution in [0.25, 0.3) is 0 Å². The van der Waals surface area contributed by atoms with E-state index >= 15 is 0 Å². The summed E-state index contributed by atoms with van der Waals surface area (Å²) in [5.41, 5.74) is 6.87. The molecule has 0 atom stereocenters. The van der Waals surface area contributed by atoms with E-state index in [1.807, 2.05) is 6.26 Å². The highest BCUT2D eigenvalue weighted by Crippen LogP contribution is 2.15. The minimum Gasteiger partial charge on any atom is -0.462 e. The summed E-state index contributed by atoms with van der Waals surface area (Å²) in [4.78, 5) is 15.8. The van der Waals surface area contributed by atoms with Gasteiger partial charge in [0.1, 0.15) is 0 Å². The fourth-order valence-corrected chi connectivity index (χ4v) is 1.43. The number of hydrogen-bond acceptors (Lipinski definition) is 4. The second kappa shape index (κ2) is 7.76. The number of carbonyl (C=O) groups excluding carboxylic acids is 1. The second-order valence-electron chi connectivity index (χ2n) is 3.69. The Hall–Kier alpha value is -1.49. The number of nitrogens with two attached hydrogens (primary N) is 1. The molecule has 0 spiro atoms. The van der Waals surface area contributed by atoms with Crippen LogP contribution in [0.1, 0.15) is 30.1 Å². The molecule has 1 aromatic carbocycles. The van der Waals surface area contributed by atoms with Crippen LogP contribution in [0.3, 0.4) is 0 Å². The molecule has 0 radical (unpaired) electrons. The Labute approximate surface area is 112 Å². The molecular formula is C13H18N2O2S. The first-order valence-corrected chi connectivity index (χ1v) is 7.05. The molecule has 0 bridgehead atoms. The molecule has 1 aromatic rings. The molecule has 0 heterocycles. The molecule has 98 valence electrons. The van der Waals surface area contributed by atoms with Crippen LogP contribution >= 0.6 is 11.8 Å². The Morgan fingerprint density at radius 2 is 2.06 bits per heavy atom. The van der Waals surface area contributed by atoms with Crippen molar-refractivity contribution in [1.82, 2.24) is 0 Å². The third-order valence-electron chi connectivity index (χ3n) is 2.28. The van der Waals surface area contributed by atoms with Gasteiger partial charge in [0.25, 0.3) is 0 Å². The maximum atomic E-state index is 11.6. The summed E-state index contributed by atoms with van der Waals surface area (Å²) in [6, 6.07) is 6.89.